The van der Waals surface area contributed by atoms with Crippen molar-refractivity contribution < 1.29 is 14.3 Å². The van der Waals surface area contributed by atoms with E-state index in [4.69, 9.17) is 4.74 Å². The van der Waals surface area contributed by atoms with Crippen LogP contribution in [0.15, 0.2) is 28.7 Å². The Kier molecular flexibility index (Phi) is 6.43. The van der Waals surface area contributed by atoms with Gasteiger partial charge in [0.05, 0.1) is 6.54 Å². The lowest BCUT2D eigenvalue weighted by atomic mass is 10.2. The summed E-state index contributed by atoms with van der Waals surface area (Å²) in [5.41, 5.74) is 0. The Bertz CT molecular complexity index is 403. The summed E-state index contributed by atoms with van der Waals surface area (Å²) in [5.74, 6) is 0.366. The van der Waals surface area contributed by atoms with Gasteiger partial charge >= 0.3 is 0 Å². The summed E-state index contributed by atoms with van der Waals surface area (Å²) >= 11 is 3.31. The molecule has 5 heteroatoms. The van der Waals surface area contributed by atoms with Gasteiger partial charge in [0.2, 0.25) is 0 Å². The summed E-state index contributed by atoms with van der Waals surface area (Å²) in [5, 5.41) is 2.53. The summed E-state index contributed by atoms with van der Waals surface area (Å²) in [6.07, 6.45) is 1.29. The zero-order chi connectivity index (χ0) is 13.4. The maximum Gasteiger partial charge on any atom is 0.258 e. The SMILES string of the molecule is CCCC(=O)CNC(=O)COc1ccc(Br)cc1. The third kappa shape index (κ3) is 5.82. The average Bonchev–Trinajstić information content (AvgIpc) is 2.36. The fourth-order valence-corrected chi connectivity index (χ4v) is 1.56. The van der Waals surface area contributed by atoms with Crippen LogP contribution in [0.3, 0.4) is 0 Å². The fraction of sp³-hybridized carbons (Fsp3) is 0.385. The maximum absolute atomic E-state index is 11.4. The van der Waals surface area contributed by atoms with Crippen molar-refractivity contribution >= 4 is 27.6 Å². The first-order valence-corrected chi connectivity index (χ1v) is 6.58. The lowest BCUT2D eigenvalue weighted by molar-refractivity contribution is -0.126. The van der Waals surface area contributed by atoms with Crippen molar-refractivity contribution in [1.82, 2.24) is 5.32 Å². The van der Waals surface area contributed by atoms with Crippen LogP contribution < -0.4 is 10.1 Å². The average molecular weight is 314 g/mol. The van der Waals surface area contributed by atoms with Crippen LogP contribution in [0.25, 0.3) is 0 Å². The molecule has 0 aromatic heterocycles. The highest BCUT2D eigenvalue weighted by Gasteiger charge is 2.05. The molecule has 1 amide bonds. The number of amides is 1. The highest BCUT2D eigenvalue weighted by Crippen LogP contribution is 2.15. The number of ether oxygens (including phenoxy) is 1. The molecule has 0 fully saturated rings. The second-order valence-electron chi connectivity index (χ2n) is 3.81. The topological polar surface area (TPSA) is 55.4 Å². The lowest BCUT2D eigenvalue weighted by Crippen LogP contribution is -2.33. The van der Waals surface area contributed by atoms with E-state index in [2.05, 4.69) is 21.2 Å². The van der Waals surface area contributed by atoms with Crippen molar-refractivity contribution in [1.29, 1.82) is 0 Å². The van der Waals surface area contributed by atoms with Gasteiger partial charge in [0.15, 0.2) is 12.4 Å². The molecule has 98 valence electrons. The standard InChI is InChI=1S/C13H16BrNO3/c1-2-3-11(16)8-15-13(17)9-18-12-6-4-10(14)5-7-12/h4-7H,2-3,8-9H2,1H3,(H,15,17). The Hall–Kier alpha value is -1.36. The van der Waals surface area contributed by atoms with E-state index in [-0.39, 0.29) is 24.8 Å². The van der Waals surface area contributed by atoms with E-state index in [9.17, 15) is 9.59 Å². The minimum atomic E-state index is -0.289. The van der Waals surface area contributed by atoms with Crippen LogP contribution in [-0.4, -0.2) is 24.8 Å². The summed E-state index contributed by atoms with van der Waals surface area (Å²) in [4.78, 5) is 22.6. The summed E-state index contributed by atoms with van der Waals surface area (Å²) in [6.45, 7) is 1.92. The van der Waals surface area contributed by atoms with E-state index in [0.29, 0.717) is 12.2 Å². The Balaban J connectivity index is 2.24. The normalized spacial score (nSPS) is 9.89. The Morgan fingerprint density at radius 1 is 1.28 bits per heavy atom. The van der Waals surface area contributed by atoms with Crippen molar-refractivity contribution in [2.45, 2.75) is 19.8 Å². The van der Waals surface area contributed by atoms with Crippen LogP contribution in [0.4, 0.5) is 0 Å². The van der Waals surface area contributed by atoms with Crippen LogP contribution in [-0.2, 0) is 9.59 Å². The van der Waals surface area contributed by atoms with Gasteiger partial charge in [-0.05, 0) is 30.7 Å². The number of ketones is 1. The third-order valence-corrected chi connectivity index (χ3v) is 2.72. The quantitative estimate of drug-likeness (QED) is 0.840. The Morgan fingerprint density at radius 3 is 2.56 bits per heavy atom. The van der Waals surface area contributed by atoms with E-state index in [1.165, 1.54) is 0 Å². The van der Waals surface area contributed by atoms with Crippen molar-refractivity contribution in [3.63, 3.8) is 0 Å². The molecule has 0 bridgehead atoms. The highest BCUT2D eigenvalue weighted by molar-refractivity contribution is 9.10. The summed E-state index contributed by atoms with van der Waals surface area (Å²) in [6, 6.07) is 7.19. The van der Waals surface area contributed by atoms with Gasteiger partial charge in [0.25, 0.3) is 5.91 Å². The lowest BCUT2D eigenvalue weighted by Gasteiger charge is -2.06. The predicted molar refractivity (Wildman–Crippen MR) is 72.6 cm³/mol. The number of benzene rings is 1. The number of Topliss-reactive ketones (excluding diaryl/α,β-unsaturated/α-hetero) is 1. The zero-order valence-corrected chi connectivity index (χ0v) is 11.8. The van der Waals surface area contributed by atoms with E-state index in [1.807, 2.05) is 19.1 Å². The molecule has 1 rings (SSSR count). The third-order valence-electron chi connectivity index (χ3n) is 2.20. The fourth-order valence-electron chi connectivity index (χ4n) is 1.30. The van der Waals surface area contributed by atoms with Gasteiger partial charge in [-0.1, -0.05) is 22.9 Å². The first kappa shape index (κ1) is 14.7. The summed E-state index contributed by atoms with van der Waals surface area (Å²) < 4.78 is 6.22. The van der Waals surface area contributed by atoms with E-state index in [1.54, 1.807) is 12.1 Å². The molecular formula is C13H16BrNO3. The van der Waals surface area contributed by atoms with Crippen molar-refractivity contribution in [2.24, 2.45) is 0 Å². The molecule has 0 spiro atoms. The first-order chi connectivity index (χ1) is 8.61. The largest absolute Gasteiger partial charge is 0.484 e. The second-order valence-corrected chi connectivity index (χ2v) is 4.72. The molecule has 1 N–H and O–H groups in total. The molecule has 0 aliphatic rings. The number of carbonyl (C=O) groups is 2. The minimum absolute atomic E-state index is 0.0366. The number of rotatable bonds is 7. The van der Waals surface area contributed by atoms with Gasteiger partial charge in [-0.2, -0.15) is 0 Å². The van der Waals surface area contributed by atoms with Crippen molar-refractivity contribution in [3.8, 4) is 5.75 Å². The molecule has 18 heavy (non-hydrogen) atoms. The van der Waals surface area contributed by atoms with Gasteiger partial charge in [0, 0.05) is 10.9 Å². The number of halogens is 1. The second kappa shape index (κ2) is 7.87. The van der Waals surface area contributed by atoms with Crippen LogP contribution >= 0.6 is 15.9 Å². The smallest absolute Gasteiger partial charge is 0.258 e. The molecule has 0 aliphatic carbocycles. The van der Waals surface area contributed by atoms with Gasteiger partial charge < -0.3 is 10.1 Å². The first-order valence-electron chi connectivity index (χ1n) is 5.78. The Labute approximate surface area is 115 Å². The predicted octanol–water partition coefficient (Wildman–Crippen LogP) is 2.31. The van der Waals surface area contributed by atoms with E-state index >= 15 is 0 Å². The van der Waals surface area contributed by atoms with Gasteiger partial charge in [-0.25, -0.2) is 0 Å². The summed E-state index contributed by atoms with van der Waals surface area (Å²) in [7, 11) is 0. The van der Waals surface area contributed by atoms with E-state index < -0.39 is 0 Å². The monoisotopic (exact) mass is 313 g/mol. The Morgan fingerprint density at radius 2 is 1.94 bits per heavy atom. The van der Waals surface area contributed by atoms with Gasteiger partial charge in [-0.3, -0.25) is 9.59 Å². The number of hydrogen-bond donors (Lipinski definition) is 1. The van der Waals surface area contributed by atoms with Crippen molar-refractivity contribution in [3.05, 3.63) is 28.7 Å². The molecular weight excluding hydrogens is 298 g/mol. The minimum Gasteiger partial charge on any atom is -0.484 e. The molecule has 0 atom stereocenters. The molecule has 0 saturated heterocycles. The van der Waals surface area contributed by atoms with Crippen LogP contribution in [0.2, 0.25) is 0 Å². The van der Waals surface area contributed by atoms with Crippen LogP contribution in [0.1, 0.15) is 19.8 Å². The molecule has 4 nitrogen and oxygen atoms in total. The molecule has 1 aromatic rings. The van der Waals surface area contributed by atoms with Crippen LogP contribution in [0, 0.1) is 0 Å². The van der Waals surface area contributed by atoms with E-state index in [0.717, 1.165) is 10.9 Å². The molecule has 0 unspecified atom stereocenters. The zero-order valence-electron chi connectivity index (χ0n) is 10.2. The highest BCUT2D eigenvalue weighted by atomic mass is 79.9. The number of nitrogens with one attached hydrogen (secondary N) is 1. The molecule has 0 aliphatic heterocycles. The molecule has 1 aromatic carbocycles. The molecule has 0 heterocycles. The van der Waals surface area contributed by atoms with Gasteiger partial charge in [0.1, 0.15) is 5.75 Å². The molecule has 0 saturated carbocycles. The maximum atomic E-state index is 11.4. The number of carbonyl (C=O) groups excluding carboxylic acids is 2. The van der Waals surface area contributed by atoms with Crippen LogP contribution in [0.5, 0.6) is 5.75 Å². The van der Waals surface area contributed by atoms with Gasteiger partial charge in [-0.15, -0.1) is 0 Å². The number of hydrogen-bond acceptors (Lipinski definition) is 3. The van der Waals surface area contributed by atoms with Crippen molar-refractivity contribution in [2.75, 3.05) is 13.2 Å². The molecule has 0 radical (unpaired) electrons.